The lowest BCUT2D eigenvalue weighted by molar-refractivity contribution is 0.260. The molecule has 4 heteroatoms. The SMILES string of the molecule is OCc1cc2nccc(Cl)c2cc1CO. The number of halogens is 1. The lowest BCUT2D eigenvalue weighted by atomic mass is 10.0. The number of aromatic nitrogens is 1. The van der Waals surface area contributed by atoms with E-state index in [-0.39, 0.29) is 13.2 Å². The van der Waals surface area contributed by atoms with Gasteiger partial charge >= 0.3 is 0 Å². The third-order valence-corrected chi connectivity index (χ3v) is 2.68. The van der Waals surface area contributed by atoms with Crippen molar-refractivity contribution >= 4 is 22.5 Å². The Kier molecular flexibility index (Phi) is 2.86. The summed E-state index contributed by atoms with van der Waals surface area (Å²) in [5, 5.41) is 19.6. The van der Waals surface area contributed by atoms with Gasteiger partial charge in [0.1, 0.15) is 0 Å². The van der Waals surface area contributed by atoms with E-state index in [0.29, 0.717) is 16.1 Å². The molecule has 1 heterocycles. The highest BCUT2D eigenvalue weighted by Crippen LogP contribution is 2.25. The number of rotatable bonds is 2. The van der Waals surface area contributed by atoms with E-state index < -0.39 is 0 Å². The van der Waals surface area contributed by atoms with Gasteiger partial charge in [0.05, 0.1) is 23.8 Å². The molecule has 2 aromatic rings. The molecule has 1 aromatic carbocycles. The zero-order valence-corrected chi connectivity index (χ0v) is 8.70. The summed E-state index contributed by atoms with van der Waals surface area (Å²) in [5.41, 5.74) is 2.09. The highest BCUT2D eigenvalue weighted by atomic mass is 35.5. The largest absolute Gasteiger partial charge is 0.392 e. The zero-order valence-electron chi connectivity index (χ0n) is 7.94. The van der Waals surface area contributed by atoms with Crippen LogP contribution in [0, 0.1) is 0 Å². The second-order valence-electron chi connectivity index (χ2n) is 3.25. The Morgan fingerprint density at radius 2 is 1.80 bits per heavy atom. The number of benzene rings is 1. The van der Waals surface area contributed by atoms with Crippen molar-refractivity contribution in [3.05, 3.63) is 40.5 Å². The van der Waals surface area contributed by atoms with E-state index in [0.717, 1.165) is 10.9 Å². The molecule has 0 fully saturated rings. The van der Waals surface area contributed by atoms with Crippen LogP contribution < -0.4 is 0 Å². The Bertz CT molecular complexity index is 499. The monoisotopic (exact) mass is 223 g/mol. The normalized spacial score (nSPS) is 10.9. The van der Waals surface area contributed by atoms with Crippen molar-refractivity contribution in [1.29, 1.82) is 0 Å². The molecule has 0 bridgehead atoms. The first kappa shape index (κ1) is 10.4. The molecule has 2 N–H and O–H groups in total. The summed E-state index contributed by atoms with van der Waals surface area (Å²) in [4.78, 5) is 4.15. The van der Waals surface area contributed by atoms with E-state index in [1.165, 1.54) is 0 Å². The Morgan fingerprint density at radius 3 is 2.47 bits per heavy atom. The smallest absolute Gasteiger partial charge is 0.0720 e. The van der Waals surface area contributed by atoms with E-state index in [1.54, 1.807) is 24.4 Å². The Morgan fingerprint density at radius 1 is 1.13 bits per heavy atom. The van der Waals surface area contributed by atoms with E-state index in [4.69, 9.17) is 21.8 Å². The van der Waals surface area contributed by atoms with Gasteiger partial charge in [-0.25, -0.2) is 0 Å². The third kappa shape index (κ3) is 1.81. The molecule has 78 valence electrons. The van der Waals surface area contributed by atoms with Gasteiger partial charge in [0.25, 0.3) is 0 Å². The number of fused-ring (bicyclic) bond motifs is 1. The highest BCUT2D eigenvalue weighted by molar-refractivity contribution is 6.35. The maximum atomic E-state index is 9.13. The fraction of sp³-hybridized carbons (Fsp3) is 0.182. The predicted molar refractivity (Wildman–Crippen MR) is 58.6 cm³/mol. The zero-order chi connectivity index (χ0) is 10.8. The number of hydrogen-bond donors (Lipinski definition) is 2. The molecule has 2 rings (SSSR count). The summed E-state index contributed by atoms with van der Waals surface area (Å²) in [6.45, 7) is -0.225. The maximum Gasteiger partial charge on any atom is 0.0720 e. The molecule has 0 amide bonds. The van der Waals surface area contributed by atoms with Crippen LogP contribution in [0.1, 0.15) is 11.1 Å². The quantitative estimate of drug-likeness (QED) is 0.817. The van der Waals surface area contributed by atoms with Gasteiger partial charge in [0.2, 0.25) is 0 Å². The lowest BCUT2D eigenvalue weighted by Crippen LogP contribution is -1.95. The molecule has 3 nitrogen and oxygen atoms in total. The molecule has 0 unspecified atom stereocenters. The van der Waals surface area contributed by atoms with Crippen LogP contribution >= 0.6 is 11.6 Å². The first-order valence-corrected chi connectivity index (χ1v) is 4.92. The summed E-state index contributed by atoms with van der Waals surface area (Å²) >= 11 is 6.00. The van der Waals surface area contributed by atoms with Crippen LogP contribution in [-0.4, -0.2) is 15.2 Å². The van der Waals surface area contributed by atoms with Crippen molar-refractivity contribution in [1.82, 2.24) is 4.98 Å². The van der Waals surface area contributed by atoms with Gasteiger partial charge in [0.15, 0.2) is 0 Å². The summed E-state index contributed by atoms with van der Waals surface area (Å²) in [7, 11) is 0. The van der Waals surface area contributed by atoms with Crippen molar-refractivity contribution in [2.45, 2.75) is 13.2 Å². The fourth-order valence-corrected chi connectivity index (χ4v) is 1.75. The Hall–Kier alpha value is -1.16. The molecule has 0 atom stereocenters. The lowest BCUT2D eigenvalue weighted by Gasteiger charge is -2.07. The van der Waals surface area contributed by atoms with E-state index >= 15 is 0 Å². The van der Waals surface area contributed by atoms with Gasteiger partial charge < -0.3 is 10.2 Å². The average Bonchev–Trinajstić information content (AvgIpc) is 2.28. The fourth-order valence-electron chi connectivity index (χ4n) is 1.54. The average molecular weight is 224 g/mol. The summed E-state index contributed by atoms with van der Waals surface area (Å²) in [5.74, 6) is 0. The first-order chi connectivity index (χ1) is 7.26. The van der Waals surface area contributed by atoms with Crippen LogP contribution in [-0.2, 0) is 13.2 Å². The Balaban J connectivity index is 2.75. The van der Waals surface area contributed by atoms with E-state index in [9.17, 15) is 0 Å². The molecular weight excluding hydrogens is 214 g/mol. The van der Waals surface area contributed by atoms with Crippen LogP contribution in [0.4, 0.5) is 0 Å². The predicted octanol–water partition coefficient (Wildman–Crippen LogP) is 1.87. The minimum atomic E-state index is -0.114. The van der Waals surface area contributed by atoms with Gasteiger partial charge in [-0.3, -0.25) is 4.98 Å². The van der Waals surface area contributed by atoms with Crippen molar-refractivity contribution in [3.8, 4) is 0 Å². The van der Waals surface area contributed by atoms with Gasteiger partial charge in [-0.1, -0.05) is 11.6 Å². The van der Waals surface area contributed by atoms with Crippen molar-refractivity contribution in [3.63, 3.8) is 0 Å². The van der Waals surface area contributed by atoms with Crippen LogP contribution in [0.3, 0.4) is 0 Å². The van der Waals surface area contributed by atoms with Crippen LogP contribution in [0.2, 0.25) is 5.02 Å². The van der Waals surface area contributed by atoms with Crippen LogP contribution in [0.5, 0.6) is 0 Å². The van der Waals surface area contributed by atoms with Gasteiger partial charge in [-0.15, -0.1) is 0 Å². The molecule has 0 spiro atoms. The number of nitrogens with zero attached hydrogens (tertiary/aromatic N) is 1. The molecule has 0 aliphatic carbocycles. The summed E-state index contributed by atoms with van der Waals surface area (Å²) in [6.07, 6.45) is 1.62. The number of hydrogen-bond acceptors (Lipinski definition) is 3. The molecule has 0 saturated heterocycles. The number of aliphatic hydroxyl groups is 2. The van der Waals surface area contributed by atoms with Crippen molar-refractivity contribution in [2.75, 3.05) is 0 Å². The molecule has 0 radical (unpaired) electrons. The van der Waals surface area contributed by atoms with E-state index in [1.807, 2.05) is 0 Å². The van der Waals surface area contributed by atoms with Crippen LogP contribution in [0.25, 0.3) is 10.9 Å². The van der Waals surface area contributed by atoms with Gasteiger partial charge in [0, 0.05) is 11.6 Å². The second kappa shape index (κ2) is 4.14. The van der Waals surface area contributed by atoms with Crippen molar-refractivity contribution < 1.29 is 10.2 Å². The summed E-state index contributed by atoms with van der Waals surface area (Å²) < 4.78 is 0. The molecule has 0 aliphatic heterocycles. The molecule has 1 aromatic heterocycles. The highest BCUT2D eigenvalue weighted by Gasteiger charge is 2.06. The molecule has 0 aliphatic rings. The third-order valence-electron chi connectivity index (χ3n) is 2.35. The minimum Gasteiger partial charge on any atom is -0.392 e. The number of pyridine rings is 1. The van der Waals surface area contributed by atoms with Gasteiger partial charge in [-0.05, 0) is 29.3 Å². The molecular formula is C11H10ClNO2. The van der Waals surface area contributed by atoms with Gasteiger partial charge in [-0.2, -0.15) is 0 Å². The molecule has 0 saturated carbocycles. The Labute approximate surface area is 92.0 Å². The second-order valence-corrected chi connectivity index (χ2v) is 3.65. The topological polar surface area (TPSA) is 53.4 Å². The van der Waals surface area contributed by atoms with E-state index in [2.05, 4.69) is 4.98 Å². The standard InChI is InChI=1S/C11H10ClNO2/c12-10-1-2-13-11-4-8(6-15)7(5-14)3-9(10)11/h1-4,14-15H,5-6H2. The first-order valence-electron chi connectivity index (χ1n) is 4.54. The number of aliphatic hydroxyl groups excluding tert-OH is 2. The minimum absolute atomic E-state index is 0.111. The van der Waals surface area contributed by atoms with Crippen molar-refractivity contribution in [2.24, 2.45) is 0 Å². The molecule has 15 heavy (non-hydrogen) atoms. The van der Waals surface area contributed by atoms with Crippen LogP contribution in [0.15, 0.2) is 24.4 Å². The summed E-state index contributed by atoms with van der Waals surface area (Å²) in [6, 6.07) is 5.20. The maximum absolute atomic E-state index is 9.13.